The Labute approximate surface area is 168 Å². The number of aromatic nitrogens is 4. The molecule has 144 valence electrons. The molecule has 0 radical (unpaired) electrons. The van der Waals surface area contributed by atoms with E-state index in [-0.39, 0.29) is 11.9 Å². The molecule has 7 heteroatoms. The lowest BCUT2D eigenvalue weighted by atomic mass is 10.1. The van der Waals surface area contributed by atoms with Gasteiger partial charge in [-0.1, -0.05) is 60.3 Å². The number of tetrazole rings is 1. The Morgan fingerprint density at radius 3 is 2.50 bits per heavy atom. The number of carbonyl (C=O) groups is 1. The number of hydrogen-bond acceptors (Lipinski definition) is 5. The average Bonchev–Trinajstić information content (AvgIpc) is 3.49. The lowest BCUT2D eigenvalue weighted by Crippen LogP contribution is -2.40. The van der Waals surface area contributed by atoms with Crippen LogP contribution >= 0.6 is 11.8 Å². The Hall–Kier alpha value is -2.67. The largest absolute Gasteiger partial charge is 0.335 e. The van der Waals surface area contributed by atoms with Gasteiger partial charge in [-0.05, 0) is 53.8 Å². The molecule has 1 heterocycles. The standard InChI is InChI=1S/C21H23N5OS/c1-16(18-12-13-18)25(14-17-8-4-2-5-9-17)20(27)15-28-21-22-23-24-26(21)19-10-6-3-7-11-19/h2-11,16,18H,12-15H2,1H3/t16-/m1/s1. The van der Waals surface area contributed by atoms with Gasteiger partial charge in [0.2, 0.25) is 11.1 Å². The first-order valence-corrected chi connectivity index (χ1v) is 10.5. The molecule has 28 heavy (non-hydrogen) atoms. The summed E-state index contributed by atoms with van der Waals surface area (Å²) < 4.78 is 1.67. The van der Waals surface area contributed by atoms with E-state index in [1.165, 1.54) is 24.6 Å². The van der Waals surface area contributed by atoms with Crippen LogP contribution in [0.4, 0.5) is 0 Å². The van der Waals surface area contributed by atoms with Crippen LogP contribution in [0.2, 0.25) is 0 Å². The van der Waals surface area contributed by atoms with Crippen molar-refractivity contribution in [3.8, 4) is 5.69 Å². The Balaban J connectivity index is 1.46. The molecule has 1 fully saturated rings. The number of thioether (sulfide) groups is 1. The molecule has 4 rings (SSSR count). The normalized spacial score (nSPS) is 14.6. The van der Waals surface area contributed by atoms with Crippen LogP contribution in [-0.4, -0.2) is 42.8 Å². The number of rotatable bonds is 8. The third-order valence-corrected chi connectivity index (χ3v) is 5.98. The predicted octanol–water partition coefficient (Wildman–Crippen LogP) is 3.58. The first-order valence-electron chi connectivity index (χ1n) is 9.52. The van der Waals surface area contributed by atoms with Gasteiger partial charge in [-0.2, -0.15) is 4.68 Å². The van der Waals surface area contributed by atoms with Crippen LogP contribution in [0, 0.1) is 5.92 Å². The SMILES string of the molecule is C[C@H](C1CC1)N(Cc1ccccc1)C(=O)CSc1nnnn1-c1ccccc1. The van der Waals surface area contributed by atoms with Gasteiger partial charge in [0.15, 0.2) is 0 Å². The van der Waals surface area contributed by atoms with E-state index in [1.54, 1.807) is 4.68 Å². The van der Waals surface area contributed by atoms with Gasteiger partial charge in [0, 0.05) is 12.6 Å². The summed E-state index contributed by atoms with van der Waals surface area (Å²) in [6, 6.07) is 20.1. The summed E-state index contributed by atoms with van der Waals surface area (Å²) in [7, 11) is 0. The molecule has 0 spiro atoms. The van der Waals surface area contributed by atoms with Crippen LogP contribution in [0.15, 0.2) is 65.8 Å². The van der Waals surface area contributed by atoms with E-state index in [4.69, 9.17) is 0 Å². The Morgan fingerprint density at radius 2 is 1.82 bits per heavy atom. The lowest BCUT2D eigenvalue weighted by Gasteiger charge is -2.29. The van der Waals surface area contributed by atoms with Crippen molar-refractivity contribution >= 4 is 17.7 Å². The zero-order valence-corrected chi connectivity index (χ0v) is 16.6. The fourth-order valence-electron chi connectivity index (χ4n) is 3.28. The molecule has 0 unspecified atom stereocenters. The second-order valence-corrected chi connectivity index (χ2v) is 8.03. The van der Waals surface area contributed by atoms with Crippen molar-refractivity contribution in [3.63, 3.8) is 0 Å². The number of para-hydroxylation sites is 1. The molecule has 2 aromatic carbocycles. The molecular formula is C21H23N5OS. The van der Waals surface area contributed by atoms with Crippen LogP contribution in [0.25, 0.3) is 5.69 Å². The second kappa shape index (κ2) is 8.56. The van der Waals surface area contributed by atoms with Crippen molar-refractivity contribution in [1.82, 2.24) is 25.1 Å². The Morgan fingerprint density at radius 1 is 1.14 bits per heavy atom. The minimum atomic E-state index is 0.121. The summed E-state index contributed by atoms with van der Waals surface area (Å²) in [4.78, 5) is 15.1. The Bertz CT molecular complexity index is 911. The van der Waals surface area contributed by atoms with Gasteiger partial charge >= 0.3 is 0 Å². The minimum Gasteiger partial charge on any atom is -0.335 e. The third kappa shape index (κ3) is 4.42. The summed E-state index contributed by atoms with van der Waals surface area (Å²) in [5.74, 6) is 1.06. The van der Waals surface area contributed by atoms with Crippen molar-refractivity contribution in [1.29, 1.82) is 0 Å². The first-order chi connectivity index (χ1) is 13.7. The van der Waals surface area contributed by atoms with Crippen LogP contribution in [0.3, 0.4) is 0 Å². The third-order valence-electron chi connectivity index (χ3n) is 5.08. The van der Waals surface area contributed by atoms with Crippen molar-refractivity contribution in [3.05, 3.63) is 66.2 Å². The zero-order chi connectivity index (χ0) is 19.3. The molecule has 3 aromatic rings. The van der Waals surface area contributed by atoms with Gasteiger partial charge in [0.25, 0.3) is 0 Å². The number of nitrogens with zero attached hydrogens (tertiary/aromatic N) is 5. The van der Waals surface area contributed by atoms with E-state index in [9.17, 15) is 4.79 Å². The maximum absolute atomic E-state index is 13.1. The molecule has 1 aliphatic rings. The summed E-state index contributed by atoms with van der Waals surface area (Å²) in [5.41, 5.74) is 2.04. The lowest BCUT2D eigenvalue weighted by molar-refractivity contribution is -0.131. The number of amides is 1. The van der Waals surface area contributed by atoms with E-state index < -0.39 is 0 Å². The molecule has 0 bridgehead atoms. The topological polar surface area (TPSA) is 63.9 Å². The molecular weight excluding hydrogens is 370 g/mol. The van der Waals surface area contributed by atoms with E-state index in [1.807, 2.05) is 53.4 Å². The zero-order valence-electron chi connectivity index (χ0n) is 15.8. The van der Waals surface area contributed by atoms with Gasteiger partial charge in [-0.25, -0.2) is 0 Å². The highest BCUT2D eigenvalue weighted by Crippen LogP contribution is 2.36. The smallest absolute Gasteiger partial charge is 0.233 e. The summed E-state index contributed by atoms with van der Waals surface area (Å²) >= 11 is 1.38. The first kappa shape index (κ1) is 18.7. The highest BCUT2D eigenvalue weighted by atomic mass is 32.2. The molecule has 1 aromatic heterocycles. The summed E-state index contributed by atoms with van der Waals surface area (Å²) in [6.07, 6.45) is 2.41. The highest BCUT2D eigenvalue weighted by Gasteiger charge is 2.34. The van der Waals surface area contributed by atoms with Gasteiger partial charge in [-0.3, -0.25) is 4.79 Å². The van der Waals surface area contributed by atoms with E-state index in [0.717, 1.165) is 11.3 Å². The molecule has 6 nitrogen and oxygen atoms in total. The average molecular weight is 394 g/mol. The quantitative estimate of drug-likeness (QED) is 0.547. The molecule has 0 N–H and O–H groups in total. The van der Waals surface area contributed by atoms with E-state index in [0.29, 0.717) is 23.4 Å². The van der Waals surface area contributed by atoms with Gasteiger partial charge < -0.3 is 4.90 Å². The Kier molecular flexibility index (Phi) is 5.71. The maximum atomic E-state index is 13.1. The number of benzene rings is 2. The van der Waals surface area contributed by atoms with Crippen molar-refractivity contribution in [2.45, 2.75) is 37.5 Å². The van der Waals surface area contributed by atoms with Crippen LogP contribution in [0.1, 0.15) is 25.3 Å². The fourth-order valence-corrected chi connectivity index (χ4v) is 4.06. The fraction of sp³-hybridized carbons (Fsp3) is 0.333. The predicted molar refractivity (Wildman–Crippen MR) is 109 cm³/mol. The summed E-state index contributed by atoms with van der Waals surface area (Å²) in [6.45, 7) is 2.80. The number of carbonyl (C=O) groups excluding carboxylic acids is 1. The second-order valence-electron chi connectivity index (χ2n) is 7.08. The van der Waals surface area contributed by atoms with Crippen molar-refractivity contribution < 1.29 is 4.79 Å². The van der Waals surface area contributed by atoms with Gasteiger partial charge in [-0.15, -0.1) is 5.10 Å². The monoisotopic (exact) mass is 393 g/mol. The van der Waals surface area contributed by atoms with Crippen molar-refractivity contribution in [2.24, 2.45) is 5.92 Å². The van der Waals surface area contributed by atoms with Crippen LogP contribution < -0.4 is 0 Å². The van der Waals surface area contributed by atoms with Gasteiger partial charge in [0.05, 0.1) is 11.4 Å². The van der Waals surface area contributed by atoms with Crippen molar-refractivity contribution in [2.75, 3.05) is 5.75 Å². The van der Waals surface area contributed by atoms with Crippen LogP contribution in [0.5, 0.6) is 0 Å². The summed E-state index contributed by atoms with van der Waals surface area (Å²) in [5, 5.41) is 12.6. The number of hydrogen-bond donors (Lipinski definition) is 0. The van der Waals surface area contributed by atoms with E-state index >= 15 is 0 Å². The maximum Gasteiger partial charge on any atom is 0.233 e. The minimum absolute atomic E-state index is 0.121. The molecule has 1 atom stereocenters. The molecule has 1 amide bonds. The van der Waals surface area contributed by atoms with Crippen LogP contribution in [-0.2, 0) is 11.3 Å². The molecule has 1 aliphatic carbocycles. The molecule has 0 aliphatic heterocycles. The highest BCUT2D eigenvalue weighted by molar-refractivity contribution is 7.99. The van der Waals surface area contributed by atoms with Gasteiger partial charge in [0.1, 0.15) is 0 Å². The van der Waals surface area contributed by atoms with E-state index in [2.05, 4.69) is 34.6 Å². The molecule has 1 saturated carbocycles. The molecule has 0 saturated heterocycles.